The molecular weight excluding hydrogens is 378 g/mol. The summed E-state index contributed by atoms with van der Waals surface area (Å²) >= 11 is 1.78. The highest BCUT2D eigenvalue weighted by Gasteiger charge is 2.21. The number of carbonyl (C=O) groups excluding carboxylic acids is 1. The maximum atomic E-state index is 13.3. The van der Waals surface area contributed by atoms with Crippen molar-refractivity contribution in [2.45, 2.75) is 18.6 Å². The third-order valence-electron chi connectivity index (χ3n) is 5.06. The van der Waals surface area contributed by atoms with Gasteiger partial charge in [-0.1, -0.05) is 31.2 Å². The molecule has 2 aromatic carbocycles. The Kier molecular flexibility index (Phi) is 7.45. The van der Waals surface area contributed by atoms with Crippen LogP contribution in [0.4, 0.5) is 8.78 Å². The van der Waals surface area contributed by atoms with Crippen LogP contribution < -0.4 is 0 Å². The first-order valence-electron chi connectivity index (χ1n) is 9.69. The minimum Gasteiger partial charge on any atom is -0.340 e. The molecule has 1 aliphatic rings. The van der Waals surface area contributed by atoms with Gasteiger partial charge in [0, 0.05) is 44.9 Å². The summed E-state index contributed by atoms with van der Waals surface area (Å²) in [7, 11) is 0. The molecule has 0 atom stereocenters. The SMILES string of the molecule is CCC(=O)N1CCN(CCSC(c2ccc(F)cc2)c2ccc(F)cc2)CC1. The van der Waals surface area contributed by atoms with Gasteiger partial charge < -0.3 is 4.90 Å². The number of amides is 1. The van der Waals surface area contributed by atoms with Gasteiger partial charge in [0.05, 0.1) is 5.25 Å². The number of carbonyl (C=O) groups is 1. The molecule has 0 N–H and O–H groups in total. The summed E-state index contributed by atoms with van der Waals surface area (Å²) in [6.07, 6.45) is 0.562. The summed E-state index contributed by atoms with van der Waals surface area (Å²) in [5.74, 6) is 0.611. The van der Waals surface area contributed by atoms with Crippen molar-refractivity contribution < 1.29 is 13.6 Å². The number of nitrogens with zero attached hydrogens (tertiary/aromatic N) is 2. The molecule has 0 bridgehead atoms. The Labute approximate surface area is 169 Å². The Morgan fingerprint density at radius 2 is 1.43 bits per heavy atom. The third-order valence-corrected chi connectivity index (χ3v) is 6.36. The fraction of sp³-hybridized carbons (Fsp3) is 0.409. The lowest BCUT2D eigenvalue weighted by atomic mass is 10.0. The van der Waals surface area contributed by atoms with Gasteiger partial charge in [-0.25, -0.2) is 8.78 Å². The lowest BCUT2D eigenvalue weighted by Crippen LogP contribution is -2.49. The average Bonchev–Trinajstić information content (AvgIpc) is 2.73. The van der Waals surface area contributed by atoms with Crippen molar-refractivity contribution in [3.8, 4) is 0 Å². The van der Waals surface area contributed by atoms with E-state index in [1.165, 1.54) is 24.3 Å². The standard InChI is InChI=1S/C22H26F2N2OS/c1-2-21(27)26-13-11-25(12-14-26)15-16-28-22(17-3-7-19(23)8-4-17)18-5-9-20(24)10-6-18/h3-10,22H,2,11-16H2,1H3. The van der Waals surface area contributed by atoms with Gasteiger partial charge in [-0.15, -0.1) is 11.8 Å². The van der Waals surface area contributed by atoms with Crippen molar-refractivity contribution in [1.29, 1.82) is 0 Å². The monoisotopic (exact) mass is 404 g/mol. The number of thioether (sulfide) groups is 1. The van der Waals surface area contributed by atoms with Crippen LogP contribution in [0.3, 0.4) is 0 Å². The van der Waals surface area contributed by atoms with Gasteiger partial charge in [0.2, 0.25) is 5.91 Å². The molecular formula is C22H26F2N2OS. The summed E-state index contributed by atoms with van der Waals surface area (Å²) in [6.45, 7) is 6.19. The Balaban J connectivity index is 1.59. The first-order chi connectivity index (χ1) is 13.6. The molecule has 1 fully saturated rings. The van der Waals surface area contributed by atoms with E-state index in [1.54, 1.807) is 36.0 Å². The van der Waals surface area contributed by atoms with Crippen LogP contribution in [0.15, 0.2) is 48.5 Å². The van der Waals surface area contributed by atoms with Crippen molar-refractivity contribution in [1.82, 2.24) is 9.80 Å². The number of benzene rings is 2. The zero-order chi connectivity index (χ0) is 19.9. The molecule has 150 valence electrons. The average molecular weight is 405 g/mol. The molecule has 0 aromatic heterocycles. The quantitative estimate of drug-likeness (QED) is 0.686. The molecule has 1 aliphatic heterocycles. The molecule has 3 nitrogen and oxygen atoms in total. The highest BCUT2D eigenvalue weighted by Crippen LogP contribution is 2.35. The molecule has 0 unspecified atom stereocenters. The summed E-state index contributed by atoms with van der Waals surface area (Å²) in [4.78, 5) is 16.1. The largest absolute Gasteiger partial charge is 0.340 e. The third kappa shape index (κ3) is 5.55. The van der Waals surface area contributed by atoms with Gasteiger partial charge in [0.15, 0.2) is 0 Å². The number of halogens is 2. The van der Waals surface area contributed by atoms with Gasteiger partial charge in [-0.05, 0) is 35.4 Å². The fourth-order valence-electron chi connectivity index (χ4n) is 3.40. The van der Waals surface area contributed by atoms with Crippen LogP contribution in [0.25, 0.3) is 0 Å². The van der Waals surface area contributed by atoms with E-state index in [0.717, 1.165) is 49.6 Å². The van der Waals surface area contributed by atoms with Crippen molar-refractivity contribution in [3.05, 3.63) is 71.3 Å². The smallest absolute Gasteiger partial charge is 0.222 e. The second-order valence-corrected chi connectivity index (χ2v) is 8.14. The molecule has 1 heterocycles. The minimum absolute atomic E-state index is 0.0316. The highest BCUT2D eigenvalue weighted by molar-refractivity contribution is 7.99. The first-order valence-corrected chi connectivity index (χ1v) is 10.7. The summed E-state index contributed by atoms with van der Waals surface area (Å²) in [5, 5.41) is 0.0316. The van der Waals surface area contributed by atoms with Crippen molar-refractivity contribution >= 4 is 17.7 Å². The summed E-state index contributed by atoms with van der Waals surface area (Å²) in [5.41, 5.74) is 2.02. The Morgan fingerprint density at radius 1 is 0.929 bits per heavy atom. The Hall–Kier alpha value is -1.92. The van der Waals surface area contributed by atoms with E-state index in [1.807, 2.05) is 11.8 Å². The van der Waals surface area contributed by atoms with E-state index < -0.39 is 0 Å². The molecule has 1 amide bonds. The van der Waals surface area contributed by atoms with Crippen molar-refractivity contribution in [2.75, 3.05) is 38.5 Å². The van der Waals surface area contributed by atoms with E-state index in [9.17, 15) is 13.6 Å². The number of rotatable bonds is 7. The van der Waals surface area contributed by atoms with E-state index in [2.05, 4.69) is 4.90 Å². The summed E-state index contributed by atoms with van der Waals surface area (Å²) < 4.78 is 26.6. The second-order valence-electron chi connectivity index (χ2n) is 6.93. The number of hydrogen-bond donors (Lipinski definition) is 0. The zero-order valence-electron chi connectivity index (χ0n) is 16.1. The van der Waals surface area contributed by atoms with Crippen molar-refractivity contribution in [3.63, 3.8) is 0 Å². The molecule has 0 spiro atoms. The molecule has 3 rings (SSSR count). The van der Waals surface area contributed by atoms with Crippen LogP contribution in [0, 0.1) is 11.6 Å². The molecule has 2 aromatic rings. The van der Waals surface area contributed by atoms with E-state index >= 15 is 0 Å². The highest BCUT2D eigenvalue weighted by atomic mass is 32.2. The van der Waals surface area contributed by atoms with E-state index in [0.29, 0.717) is 6.42 Å². The lowest BCUT2D eigenvalue weighted by molar-refractivity contribution is -0.132. The normalized spacial score (nSPS) is 15.2. The lowest BCUT2D eigenvalue weighted by Gasteiger charge is -2.34. The molecule has 0 aliphatic carbocycles. The summed E-state index contributed by atoms with van der Waals surface area (Å²) in [6, 6.07) is 13.1. The topological polar surface area (TPSA) is 23.6 Å². The number of piperazine rings is 1. The van der Waals surface area contributed by atoms with Crippen LogP contribution in [-0.4, -0.2) is 54.2 Å². The maximum Gasteiger partial charge on any atom is 0.222 e. The van der Waals surface area contributed by atoms with Gasteiger partial charge in [-0.2, -0.15) is 0 Å². The predicted octanol–water partition coefficient (Wildman–Crippen LogP) is 4.34. The van der Waals surface area contributed by atoms with Crippen molar-refractivity contribution in [2.24, 2.45) is 0 Å². The Bertz CT molecular complexity index is 714. The van der Waals surface area contributed by atoms with E-state index in [-0.39, 0.29) is 22.8 Å². The second kappa shape index (κ2) is 10.0. The van der Waals surface area contributed by atoms with Gasteiger partial charge in [0.25, 0.3) is 0 Å². The maximum absolute atomic E-state index is 13.3. The minimum atomic E-state index is -0.258. The van der Waals surface area contributed by atoms with Gasteiger partial charge in [-0.3, -0.25) is 9.69 Å². The zero-order valence-corrected chi connectivity index (χ0v) is 16.9. The number of hydrogen-bond acceptors (Lipinski definition) is 3. The van der Waals surface area contributed by atoms with Crippen LogP contribution >= 0.6 is 11.8 Å². The molecule has 0 radical (unpaired) electrons. The predicted molar refractivity (Wildman–Crippen MR) is 110 cm³/mol. The Morgan fingerprint density at radius 3 is 1.89 bits per heavy atom. The van der Waals surface area contributed by atoms with Gasteiger partial charge in [0.1, 0.15) is 11.6 Å². The van der Waals surface area contributed by atoms with Crippen LogP contribution in [0.2, 0.25) is 0 Å². The first kappa shape index (κ1) is 20.8. The molecule has 6 heteroatoms. The van der Waals surface area contributed by atoms with Crippen LogP contribution in [0.1, 0.15) is 29.7 Å². The van der Waals surface area contributed by atoms with Gasteiger partial charge >= 0.3 is 0 Å². The molecule has 28 heavy (non-hydrogen) atoms. The van der Waals surface area contributed by atoms with E-state index in [4.69, 9.17) is 0 Å². The van der Waals surface area contributed by atoms with Crippen LogP contribution in [-0.2, 0) is 4.79 Å². The van der Waals surface area contributed by atoms with Crippen LogP contribution in [0.5, 0.6) is 0 Å². The molecule has 1 saturated heterocycles. The fourth-order valence-corrected chi connectivity index (χ4v) is 4.70. The molecule has 0 saturated carbocycles.